The van der Waals surface area contributed by atoms with E-state index in [4.69, 9.17) is 0 Å². The number of rotatable bonds is 5. The molecule has 0 saturated carbocycles. The molecule has 7 heteroatoms. The molecule has 0 aliphatic rings. The molecule has 130 valence electrons. The molecule has 3 aromatic heterocycles. The maximum absolute atomic E-state index is 13.1. The maximum Gasteiger partial charge on any atom is 0.272 e. The first-order chi connectivity index (χ1) is 11.9. The molecule has 0 N–H and O–H groups in total. The van der Waals surface area contributed by atoms with Gasteiger partial charge in [0, 0.05) is 33.0 Å². The van der Waals surface area contributed by atoms with Crippen LogP contribution in [0.4, 0.5) is 0 Å². The van der Waals surface area contributed by atoms with Crippen molar-refractivity contribution in [3.8, 4) is 0 Å². The van der Waals surface area contributed by atoms with Crippen LogP contribution in [0.2, 0.25) is 0 Å². The van der Waals surface area contributed by atoms with Gasteiger partial charge in [0.25, 0.3) is 5.91 Å². The first-order valence-corrected chi connectivity index (χ1v) is 8.12. The van der Waals surface area contributed by atoms with Crippen LogP contribution in [0.1, 0.15) is 33.1 Å². The third kappa shape index (κ3) is 3.76. The van der Waals surface area contributed by atoms with Crippen molar-refractivity contribution in [3.63, 3.8) is 0 Å². The second-order valence-corrected chi connectivity index (χ2v) is 6.22. The second kappa shape index (κ2) is 6.88. The number of amides is 1. The van der Waals surface area contributed by atoms with Crippen molar-refractivity contribution in [1.82, 2.24) is 29.4 Å². The van der Waals surface area contributed by atoms with Gasteiger partial charge in [-0.05, 0) is 37.6 Å². The van der Waals surface area contributed by atoms with E-state index in [1.165, 1.54) is 0 Å². The molecule has 0 aliphatic carbocycles. The standard InChI is InChI=1S/C18H22N6O/c1-13-8-16(22(3)20-13)12-24(11-15-6-5-7-19-10-15)18(25)17-9-14(2)21-23(17)4/h5-10H,11-12H2,1-4H3. The number of aryl methyl sites for hydroxylation is 4. The van der Waals surface area contributed by atoms with Gasteiger partial charge in [-0.2, -0.15) is 10.2 Å². The summed E-state index contributed by atoms with van der Waals surface area (Å²) in [5.41, 5.74) is 4.29. The van der Waals surface area contributed by atoms with E-state index in [1.54, 1.807) is 29.0 Å². The molecule has 7 nitrogen and oxygen atoms in total. The van der Waals surface area contributed by atoms with Gasteiger partial charge in [-0.25, -0.2) is 0 Å². The smallest absolute Gasteiger partial charge is 0.272 e. The molecule has 3 heterocycles. The van der Waals surface area contributed by atoms with Crippen LogP contribution >= 0.6 is 0 Å². The molecule has 0 aromatic carbocycles. The second-order valence-electron chi connectivity index (χ2n) is 6.22. The third-order valence-corrected chi connectivity index (χ3v) is 4.06. The molecule has 3 rings (SSSR count). The minimum absolute atomic E-state index is 0.0641. The first kappa shape index (κ1) is 16.9. The van der Waals surface area contributed by atoms with Gasteiger partial charge < -0.3 is 4.90 Å². The van der Waals surface area contributed by atoms with Gasteiger partial charge in [0.2, 0.25) is 0 Å². The Balaban J connectivity index is 1.92. The van der Waals surface area contributed by atoms with Crippen molar-refractivity contribution >= 4 is 5.91 Å². The Morgan fingerprint density at radius 2 is 1.80 bits per heavy atom. The lowest BCUT2D eigenvalue weighted by molar-refractivity contribution is 0.0714. The Labute approximate surface area is 146 Å². The molecular formula is C18H22N6O. The van der Waals surface area contributed by atoms with Gasteiger partial charge in [-0.1, -0.05) is 6.07 Å². The molecule has 0 spiro atoms. The van der Waals surface area contributed by atoms with Gasteiger partial charge in [-0.3, -0.25) is 19.1 Å². The number of hydrogen-bond acceptors (Lipinski definition) is 4. The SMILES string of the molecule is Cc1cc(CN(Cc2cccnc2)C(=O)c2cc(C)nn2C)n(C)n1. The summed E-state index contributed by atoms with van der Waals surface area (Å²) >= 11 is 0. The average Bonchev–Trinajstić information content (AvgIpc) is 3.07. The highest BCUT2D eigenvalue weighted by Gasteiger charge is 2.21. The van der Waals surface area contributed by atoms with Crippen LogP contribution < -0.4 is 0 Å². The molecule has 0 saturated heterocycles. The van der Waals surface area contributed by atoms with E-state index < -0.39 is 0 Å². The number of nitrogens with zero attached hydrogens (tertiary/aromatic N) is 6. The predicted molar refractivity (Wildman–Crippen MR) is 93.7 cm³/mol. The van der Waals surface area contributed by atoms with Crippen LogP contribution in [0, 0.1) is 13.8 Å². The minimum Gasteiger partial charge on any atom is -0.327 e. The Morgan fingerprint density at radius 1 is 1.08 bits per heavy atom. The Kier molecular flexibility index (Phi) is 4.65. The lowest BCUT2D eigenvalue weighted by atomic mass is 10.2. The molecular weight excluding hydrogens is 316 g/mol. The van der Waals surface area contributed by atoms with E-state index in [0.29, 0.717) is 18.8 Å². The molecule has 3 aromatic rings. The van der Waals surface area contributed by atoms with Gasteiger partial charge in [0.05, 0.1) is 23.6 Å². The van der Waals surface area contributed by atoms with Gasteiger partial charge >= 0.3 is 0 Å². The van der Waals surface area contributed by atoms with Gasteiger partial charge in [-0.15, -0.1) is 0 Å². The van der Waals surface area contributed by atoms with Crippen molar-refractivity contribution in [2.75, 3.05) is 0 Å². The van der Waals surface area contributed by atoms with Crippen LogP contribution in [0.5, 0.6) is 0 Å². The highest BCUT2D eigenvalue weighted by Crippen LogP contribution is 2.15. The molecule has 0 unspecified atom stereocenters. The fourth-order valence-electron chi connectivity index (χ4n) is 2.89. The predicted octanol–water partition coefficient (Wildman–Crippen LogP) is 2.01. The monoisotopic (exact) mass is 338 g/mol. The summed E-state index contributed by atoms with van der Waals surface area (Å²) in [4.78, 5) is 19.1. The zero-order chi connectivity index (χ0) is 18.0. The molecule has 0 radical (unpaired) electrons. The zero-order valence-electron chi connectivity index (χ0n) is 15.0. The van der Waals surface area contributed by atoms with Crippen molar-refractivity contribution in [2.45, 2.75) is 26.9 Å². The normalized spacial score (nSPS) is 10.9. The summed E-state index contributed by atoms with van der Waals surface area (Å²) < 4.78 is 3.44. The number of carbonyl (C=O) groups is 1. The molecule has 1 amide bonds. The summed E-state index contributed by atoms with van der Waals surface area (Å²) in [6, 6.07) is 7.65. The van der Waals surface area contributed by atoms with E-state index in [9.17, 15) is 4.79 Å². The largest absolute Gasteiger partial charge is 0.327 e. The van der Waals surface area contributed by atoms with Crippen molar-refractivity contribution in [1.29, 1.82) is 0 Å². The van der Waals surface area contributed by atoms with E-state index in [0.717, 1.165) is 22.6 Å². The summed E-state index contributed by atoms with van der Waals surface area (Å²) in [6.07, 6.45) is 3.51. The van der Waals surface area contributed by atoms with E-state index in [-0.39, 0.29) is 5.91 Å². The Hall–Kier alpha value is -2.96. The maximum atomic E-state index is 13.1. The lowest BCUT2D eigenvalue weighted by Crippen LogP contribution is -2.32. The molecule has 25 heavy (non-hydrogen) atoms. The van der Waals surface area contributed by atoms with Crippen LogP contribution in [0.15, 0.2) is 36.7 Å². The number of hydrogen-bond donors (Lipinski definition) is 0. The van der Waals surface area contributed by atoms with Crippen LogP contribution in [0.3, 0.4) is 0 Å². The van der Waals surface area contributed by atoms with Gasteiger partial charge in [0.1, 0.15) is 5.69 Å². The fourth-order valence-corrected chi connectivity index (χ4v) is 2.89. The molecule has 0 fully saturated rings. The Morgan fingerprint density at radius 3 is 2.36 bits per heavy atom. The van der Waals surface area contributed by atoms with Crippen LogP contribution in [0.25, 0.3) is 0 Å². The quantitative estimate of drug-likeness (QED) is 0.713. The Bertz CT molecular complexity index is 880. The summed E-state index contributed by atoms with van der Waals surface area (Å²) in [5.74, 6) is -0.0641. The van der Waals surface area contributed by atoms with E-state index in [2.05, 4.69) is 15.2 Å². The topological polar surface area (TPSA) is 68.8 Å². The number of aromatic nitrogens is 5. The van der Waals surface area contributed by atoms with E-state index >= 15 is 0 Å². The van der Waals surface area contributed by atoms with Crippen molar-refractivity contribution in [3.05, 3.63) is 65.0 Å². The van der Waals surface area contributed by atoms with Crippen molar-refractivity contribution < 1.29 is 4.79 Å². The zero-order valence-corrected chi connectivity index (χ0v) is 15.0. The highest BCUT2D eigenvalue weighted by atomic mass is 16.2. The van der Waals surface area contributed by atoms with Crippen LogP contribution in [-0.4, -0.2) is 35.4 Å². The minimum atomic E-state index is -0.0641. The van der Waals surface area contributed by atoms with Crippen molar-refractivity contribution in [2.24, 2.45) is 14.1 Å². The van der Waals surface area contributed by atoms with E-state index in [1.807, 2.05) is 49.8 Å². The summed E-state index contributed by atoms with van der Waals surface area (Å²) in [5, 5.41) is 8.66. The van der Waals surface area contributed by atoms with Crippen LogP contribution in [-0.2, 0) is 27.2 Å². The number of pyridine rings is 1. The number of carbonyl (C=O) groups excluding carboxylic acids is 1. The average molecular weight is 338 g/mol. The lowest BCUT2D eigenvalue weighted by Gasteiger charge is -2.22. The highest BCUT2D eigenvalue weighted by molar-refractivity contribution is 5.92. The first-order valence-electron chi connectivity index (χ1n) is 8.12. The molecule has 0 atom stereocenters. The molecule has 0 aliphatic heterocycles. The fraction of sp³-hybridized carbons (Fsp3) is 0.333. The summed E-state index contributed by atoms with van der Waals surface area (Å²) in [6.45, 7) is 4.77. The molecule has 0 bridgehead atoms. The van der Waals surface area contributed by atoms with Gasteiger partial charge in [0.15, 0.2) is 0 Å². The third-order valence-electron chi connectivity index (χ3n) is 4.06. The summed E-state index contributed by atoms with van der Waals surface area (Å²) in [7, 11) is 3.68.